The van der Waals surface area contributed by atoms with Crippen molar-refractivity contribution in [2.75, 3.05) is 20.1 Å². The Morgan fingerprint density at radius 2 is 1.90 bits per heavy atom. The number of piperidine rings is 1. The third kappa shape index (κ3) is 3.53. The lowest BCUT2D eigenvalue weighted by atomic mass is 10.0. The highest BCUT2D eigenvalue weighted by Crippen LogP contribution is 2.22. The van der Waals surface area contributed by atoms with Gasteiger partial charge in [-0.05, 0) is 45.8 Å². The average Bonchev–Trinajstić information content (AvgIpc) is 2.47. The summed E-state index contributed by atoms with van der Waals surface area (Å²) in [4.78, 5) is 16.0. The molecular formula is C14H23N3O3S. The molecule has 1 aromatic heterocycles. The number of rotatable bonds is 4. The van der Waals surface area contributed by atoms with Gasteiger partial charge in [-0.15, -0.1) is 0 Å². The zero-order valence-electron chi connectivity index (χ0n) is 12.7. The molecule has 7 heteroatoms. The largest absolute Gasteiger partial charge is 0.328 e. The topological polar surface area (TPSA) is 73.5 Å². The molecule has 2 rings (SSSR count). The maximum absolute atomic E-state index is 12.5. The Morgan fingerprint density at radius 3 is 2.38 bits per heavy atom. The van der Waals surface area contributed by atoms with Crippen molar-refractivity contribution in [3.63, 3.8) is 0 Å². The second kappa shape index (κ2) is 6.29. The highest BCUT2D eigenvalue weighted by molar-refractivity contribution is 7.89. The molecule has 0 atom stereocenters. The molecule has 1 N–H and O–H groups in total. The van der Waals surface area contributed by atoms with Crippen LogP contribution in [0.3, 0.4) is 0 Å². The minimum atomic E-state index is -3.55. The van der Waals surface area contributed by atoms with Gasteiger partial charge >= 0.3 is 0 Å². The van der Waals surface area contributed by atoms with Gasteiger partial charge in [-0.2, -0.15) is 4.31 Å². The fourth-order valence-electron chi connectivity index (χ4n) is 2.69. The number of likely N-dealkylation sites (tertiary alicyclic amines) is 1. The standard InChI is InChI=1S/C14H23N3O3S/c1-11(2)17-8-6-12(7-9-17)16(3)21(19,20)13-4-5-14(18)15-10-13/h4-5,10-12H,6-9H2,1-3H3,(H,15,18). The van der Waals surface area contributed by atoms with Crippen LogP contribution >= 0.6 is 0 Å². The number of pyridine rings is 1. The Kier molecular flexibility index (Phi) is 4.85. The normalized spacial score (nSPS) is 18.5. The summed E-state index contributed by atoms with van der Waals surface area (Å²) in [5.41, 5.74) is -0.304. The molecule has 6 nitrogen and oxygen atoms in total. The van der Waals surface area contributed by atoms with Crippen LogP contribution in [0.15, 0.2) is 28.0 Å². The Balaban J connectivity index is 2.11. The first kappa shape index (κ1) is 16.2. The number of hydrogen-bond acceptors (Lipinski definition) is 4. The first-order valence-electron chi connectivity index (χ1n) is 7.23. The zero-order valence-corrected chi connectivity index (χ0v) is 13.6. The Morgan fingerprint density at radius 1 is 1.29 bits per heavy atom. The molecular weight excluding hydrogens is 290 g/mol. The van der Waals surface area contributed by atoms with E-state index in [2.05, 4.69) is 23.7 Å². The quantitative estimate of drug-likeness (QED) is 0.895. The van der Waals surface area contributed by atoms with E-state index in [1.807, 2.05) is 0 Å². The van der Waals surface area contributed by atoms with Crippen LogP contribution in [0.1, 0.15) is 26.7 Å². The van der Waals surface area contributed by atoms with E-state index in [0.717, 1.165) is 25.9 Å². The van der Waals surface area contributed by atoms with Crippen molar-refractivity contribution in [3.05, 3.63) is 28.7 Å². The summed E-state index contributed by atoms with van der Waals surface area (Å²) in [6, 6.07) is 3.10. The van der Waals surface area contributed by atoms with Gasteiger partial charge in [0.05, 0.1) is 4.90 Å². The molecule has 118 valence electrons. The van der Waals surface area contributed by atoms with Crippen molar-refractivity contribution in [1.82, 2.24) is 14.2 Å². The lowest BCUT2D eigenvalue weighted by molar-refractivity contribution is 0.140. The molecule has 2 heterocycles. The first-order chi connectivity index (χ1) is 9.82. The monoisotopic (exact) mass is 313 g/mol. The maximum Gasteiger partial charge on any atom is 0.247 e. The van der Waals surface area contributed by atoms with Crippen molar-refractivity contribution in [2.45, 2.75) is 43.7 Å². The second-order valence-electron chi connectivity index (χ2n) is 5.77. The van der Waals surface area contributed by atoms with E-state index in [4.69, 9.17) is 0 Å². The molecule has 0 bridgehead atoms. The molecule has 21 heavy (non-hydrogen) atoms. The van der Waals surface area contributed by atoms with Crippen LogP contribution in [0, 0.1) is 0 Å². The van der Waals surface area contributed by atoms with E-state index < -0.39 is 10.0 Å². The molecule has 0 aromatic carbocycles. The van der Waals surface area contributed by atoms with E-state index >= 15 is 0 Å². The Hall–Kier alpha value is -1.18. The fraction of sp³-hybridized carbons (Fsp3) is 0.643. The summed E-state index contributed by atoms with van der Waals surface area (Å²) in [7, 11) is -1.93. The van der Waals surface area contributed by atoms with Crippen LogP contribution in [0.4, 0.5) is 0 Å². The SMILES string of the molecule is CC(C)N1CCC(N(C)S(=O)(=O)c2ccc(=O)[nH]c2)CC1. The van der Waals surface area contributed by atoms with E-state index in [-0.39, 0.29) is 16.5 Å². The number of aromatic nitrogens is 1. The van der Waals surface area contributed by atoms with Gasteiger partial charge in [0.2, 0.25) is 15.6 Å². The number of sulfonamides is 1. The summed E-state index contributed by atoms with van der Waals surface area (Å²) in [5.74, 6) is 0. The van der Waals surface area contributed by atoms with Gasteiger partial charge < -0.3 is 9.88 Å². The predicted octanol–water partition coefficient (Wildman–Crippen LogP) is 0.868. The minimum absolute atomic E-state index is 0.0110. The number of nitrogens with zero attached hydrogens (tertiary/aromatic N) is 2. The molecule has 1 saturated heterocycles. The second-order valence-corrected chi connectivity index (χ2v) is 7.77. The van der Waals surface area contributed by atoms with Crippen molar-refractivity contribution in [1.29, 1.82) is 0 Å². The summed E-state index contributed by atoms with van der Waals surface area (Å²) in [6.45, 7) is 6.13. The highest BCUT2D eigenvalue weighted by atomic mass is 32.2. The molecule has 1 aliphatic rings. The lowest BCUT2D eigenvalue weighted by Gasteiger charge is -2.37. The van der Waals surface area contributed by atoms with Gasteiger partial charge in [0, 0.05) is 31.4 Å². The summed E-state index contributed by atoms with van der Waals surface area (Å²) >= 11 is 0. The van der Waals surface area contributed by atoms with Crippen LogP contribution in [0.25, 0.3) is 0 Å². The van der Waals surface area contributed by atoms with E-state index in [9.17, 15) is 13.2 Å². The number of nitrogens with one attached hydrogen (secondary N) is 1. The van der Waals surface area contributed by atoms with Crippen LogP contribution in [0.2, 0.25) is 0 Å². The van der Waals surface area contributed by atoms with Gasteiger partial charge in [0.1, 0.15) is 0 Å². The molecule has 1 aliphatic heterocycles. The predicted molar refractivity (Wildman–Crippen MR) is 81.7 cm³/mol. The smallest absolute Gasteiger partial charge is 0.247 e. The van der Waals surface area contributed by atoms with E-state index in [1.54, 1.807) is 7.05 Å². The average molecular weight is 313 g/mol. The molecule has 0 spiro atoms. The molecule has 0 radical (unpaired) electrons. The van der Waals surface area contributed by atoms with Gasteiger partial charge in [-0.1, -0.05) is 0 Å². The lowest BCUT2D eigenvalue weighted by Crippen LogP contribution is -2.47. The number of hydrogen-bond donors (Lipinski definition) is 1. The minimum Gasteiger partial charge on any atom is -0.328 e. The van der Waals surface area contributed by atoms with Gasteiger partial charge in [-0.3, -0.25) is 4.79 Å². The van der Waals surface area contributed by atoms with Gasteiger partial charge in [0.15, 0.2) is 0 Å². The summed E-state index contributed by atoms with van der Waals surface area (Å²) < 4.78 is 26.5. The van der Waals surface area contributed by atoms with Crippen molar-refractivity contribution < 1.29 is 8.42 Å². The van der Waals surface area contributed by atoms with Crippen molar-refractivity contribution in [3.8, 4) is 0 Å². The van der Waals surface area contributed by atoms with Crippen molar-refractivity contribution in [2.24, 2.45) is 0 Å². The number of H-pyrrole nitrogens is 1. The first-order valence-corrected chi connectivity index (χ1v) is 8.67. The molecule has 1 aromatic rings. The van der Waals surface area contributed by atoms with E-state index in [1.165, 1.54) is 22.6 Å². The van der Waals surface area contributed by atoms with Crippen LogP contribution in [0.5, 0.6) is 0 Å². The Bertz CT molecular complexity index is 611. The van der Waals surface area contributed by atoms with Gasteiger partial charge in [0.25, 0.3) is 0 Å². The Labute approximate surface area is 125 Å². The van der Waals surface area contributed by atoms with Crippen LogP contribution < -0.4 is 5.56 Å². The maximum atomic E-state index is 12.5. The summed E-state index contributed by atoms with van der Waals surface area (Å²) in [6.07, 6.45) is 2.92. The highest BCUT2D eigenvalue weighted by Gasteiger charge is 2.31. The fourth-order valence-corrected chi connectivity index (χ4v) is 4.07. The molecule has 0 saturated carbocycles. The van der Waals surface area contributed by atoms with Crippen LogP contribution in [-0.2, 0) is 10.0 Å². The van der Waals surface area contributed by atoms with Crippen molar-refractivity contribution >= 4 is 10.0 Å². The number of aromatic amines is 1. The molecule has 0 amide bonds. The molecule has 0 aliphatic carbocycles. The van der Waals surface area contributed by atoms with E-state index in [0.29, 0.717) is 6.04 Å². The molecule has 0 unspecified atom stereocenters. The van der Waals surface area contributed by atoms with Crippen LogP contribution in [-0.4, -0.2) is 54.8 Å². The zero-order chi connectivity index (χ0) is 15.6. The van der Waals surface area contributed by atoms with Gasteiger partial charge in [-0.25, -0.2) is 8.42 Å². The summed E-state index contributed by atoms with van der Waals surface area (Å²) in [5, 5.41) is 0. The third-order valence-corrected chi connectivity index (χ3v) is 6.08. The molecule has 1 fully saturated rings. The third-order valence-electron chi connectivity index (χ3n) is 4.18.